The van der Waals surface area contributed by atoms with Crippen LogP contribution in [0.3, 0.4) is 0 Å². The van der Waals surface area contributed by atoms with Gasteiger partial charge in [-0.1, -0.05) is 0 Å². The van der Waals surface area contributed by atoms with Crippen LogP contribution >= 0.6 is 0 Å². The van der Waals surface area contributed by atoms with Gasteiger partial charge in [-0.05, 0) is 43.4 Å². The van der Waals surface area contributed by atoms with Crippen LogP contribution in [0.5, 0.6) is 0 Å². The normalized spacial score (nSPS) is 17.1. The van der Waals surface area contributed by atoms with Crippen molar-refractivity contribution in [2.75, 3.05) is 30.8 Å². The lowest BCUT2D eigenvalue weighted by Gasteiger charge is -2.23. The van der Waals surface area contributed by atoms with Gasteiger partial charge in [-0.15, -0.1) is 0 Å². The Hall–Kier alpha value is -1.31. The molecule has 0 bridgehead atoms. The molecule has 7 heteroatoms. The SMILES string of the molecule is Cc1c(NCC2CCOCC2)cc(N)cc1S(N)(=O)=O. The Morgan fingerprint density at radius 3 is 2.60 bits per heavy atom. The Kier molecular flexibility index (Phi) is 4.52. The molecule has 0 aromatic heterocycles. The summed E-state index contributed by atoms with van der Waals surface area (Å²) >= 11 is 0. The number of nitrogens with one attached hydrogen (secondary N) is 1. The number of primary sulfonamides is 1. The van der Waals surface area contributed by atoms with E-state index >= 15 is 0 Å². The molecule has 2 rings (SSSR count). The van der Waals surface area contributed by atoms with E-state index in [9.17, 15) is 8.42 Å². The fraction of sp³-hybridized carbons (Fsp3) is 0.538. The van der Waals surface area contributed by atoms with Gasteiger partial charge in [0, 0.05) is 31.1 Å². The number of ether oxygens (including phenoxy) is 1. The third kappa shape index (κ3) is 3.62. The topological polar surface area (TPSA) is 107 Å². The summed E-state index contributed by atoms with van der Waals surface area (Å²) < 4.78 is 28.4. The van der Waals surface area contributed by atoms with Crippen LogP contribution in [-0.2, 0) is 14.8 Å². The third-order valence-corrected chi connectivity index (χ3v) is 4.65. The number of sulfonamides is 1. The molecule has 1 aliphatic rings. The highest BCUT2D eigenvalue weighted by molar-refractivity contribution is 7.89. The average molecular weight is 299 g/mol. The van der Waals surface area contributed by atoms with Crippen molar-refractivity contribution in [2.45, 2.75) is 24.7 Å². The molecule has 0 saturated carbocycles. The Morgan fingerprint density at radius 2 is 2.00 bits per heavy atom. The van der Waals surface area contributed by atoms with E-state index in [1.807, 2.05) is 0 Å². The summed E-state index contributed by atoms with van der Waals surface area (Å²) in [5.74, 6) is 0.530. The summed E-state index contributed by atoms with van der Waals surface area (Å²) in [4.78, 5) is 0.0759. The molecule has 0 unspecified atom stereocenters. The molecule has 6 nitrogen and oxygen atoms in total. The van der Waals surface area contributed by atoms with Gasteiger partial charge in [-0.3, -0.25) is 0 Å². The number of hydrogen-bond donors (Lipinski definition) is 3. The van der Waals surface area contributed by atoms with E-state index < -0.39 is 10.0 Å². The van der Waals surface area contributed by atoms with Crippen LogP contribution in [-0.4, -0.2) is 28.2 Å². The molecule has 112 valence electrons. The summed E-state index contributed by atoms with van der Waals surface area (Å²) in [6.45, 7) is 4.07. The molecule has 1 heterocycles. The fourth-order valence-corrected chi connectivity index (χ4v) is 3.23. The number of nitrogens with two attached hydrogens (primary N) is 2. The zero-order valence-electron chi connectivity index (χ0n) is 11.6. The van der Waals surface area contributed by atoms with Crippen LogP contribution in [0.2, 0.25) is 0 Å². The monoisotopic (exact) mass is 299 g/mol. The standard InChI is InChI=1S/C13H21N3O3S/c1-9-12(16-8-10-2-4-19-5-3-10)6-11(14)7-13(9)20(15,17)18/h6-7,10,16H,2-5,8,14H2,1H3,(H2,15,17,18). The van der Waals surface area contributed by atoms with Crippen molar-refractivity contribution in [1.29, 1.82) is 0 Å². The molecule has 0 radical (unpaired) electrons. The number of benzene rings is 1. The Morgan fingerprint density at radius 1 is 1.35 bits per heavy atom. The lowest BCUT2D eigenvalue weighted by Crippen LogP contribution is -2.23. The maximum atomic E-state index is 11.5. The van der Waals surface area contributed by atoms with E-state index in [2.05, 4.69) is 5.32 Å². The van der Waals surface area contributed by atoms with Crippen LogP contribution < -0.4 is 16.2 Å². The number of rotatable bonds is 4. The first-order valence-corrected chi connectivity index (χ1v) is 8.17. The van der Waals surface area contributed by atoms with Crippen molar-refractivity contribution in [2.24, 2.45) is 11.1 Å². The first kappa shape index (κ1) is 15.1. The number of anilines is 2. The third-order valence-electron chi connectivity index (χ3n) is 3.61. The summed E-state index contributed by atoms with van der Waals surface area (Å²) in [6, 6.07) is 3.13. The van der Waals surface area contributed by atoms with Crippen molar-refractivity contribution >= 4 is 21.4 Å². The van der Waals surface area contributed by atoms with Crippen molar-refractivity contribution in [3.8, 4) is 0 Å². The molecule has 1 fully saturated rings. The van der Waals surface area contributed by atoms with Crippen LogP contribution in [0.1, 0.15) is 18.4 Å². The van der Waals surface area contributed by atoms with E-state index in [-0.39, 0.29) is 4.90 Å². The lowest BCUT2D eigenvalue weighted by atomic mass is 10.00. The lowest BCUT2D eigenvalue weighted by molar-refractivity contribution is 0.0699. The molecule has 1 aliphatic heterocycles. The molecule has 0 aliphatic carbocycles. The van der Waals surface area contributed by atoms with Gasteiger partial charge < -0.3 is 15.8 Å². The van der Waals surface area contributed by atoms with Gasteiger partial charge in [-0.2, -0.15) is 0 Å². The first-order valence-electron chi connectivity index (χ1n) is 6.62. The molecule has 0 amide bonds. The van der Waals surface area contributed by atoms with Crippen molar-refractivity contribution in [3.05, 3.63) is 17.7 Å². The second-order valence-electron chi connectivity index (χ2n) is 5.17. The quantitative estimate of drug-likeness (QED) is 0.721. The van der Waals surface area contributed by atoms with Crippen molar-refractivity contribution in [3.63, 3.8) is 0 Å². The second-order valence-corrected chi connectivity index (χ2v) is 6.70. The van der Waals surface area contributed by atoms with E-state index in [1.54, 1.807) is 13.0 Å². The highest BCUT2D eigenvalue weighted by Crippen LogP contribution is 2.27. The van der Waals surface area contributed by atoms with Crippen LogP contribution in [0, 0.1) is 12.8 Å². The van der Waals surface area contributed by atoms with Gasteiger partial charge in [0.2, 0.25) is 10.0 Å². The molecule has 0 atom stereocenters. The molecule has 1 saturated heterocycles. The summed E-state index contributed by atoms with van der Waals surface area (Å²) in [7, 11) is -3.76. The Balaban J connectivity index is 2.17. The zero-order chi connectivity index (χ0) is 14.8. The maximum absolute atomic E-state index is 11.5. The fourth-order valence-electron chi connectivity index (χ4n) is 2.39. The van der Waals surface area contributed by atoms with Crippen molar-refractivity contribution < 1.29 is 13.2 Å². The Labute approximate surface area is 119 Å². The highest BCUT2D eigenvalue weighted by Gasteiger charge is 2.17. The van der Waals surface area contributed by atoms with E-state index in [0.717, 1.165) is 38.3 Å². The van der Waals surface area contributed by atoms with Crippen LogP contribution in [0.25, 0.3) is 0 Å². The minimum Gasteiger partial charge on any atom is -0.399 e. The predicted molar refractivity (Wildman–Crippen MR) is 79.0 cm³/mol. The van der Waals surface area contributed by atoms with Crippen molar-refractivity contribution in [1.82, 2.24) is 0 Å². The molecular weight excluding hydrogens is 278 g/mol. The van der Waals surface area contributed by atoms with E-state index in [0.29, 0.717) is 17.2 Å². The molecule has 1 aromatic carbocycles. The largest absolute Gasteiger partial charge is 0.399 e. The van der Waals surface area contributed by atoms with Gasteiger partial charge in [0.05, 0.1) is 4.90 Å². The summed E-state index contributed by atoms with van der Waals surface area (Å²) in [6.07, 6.45) is 2.02. The minimum absolute atomic E-state index is 0.0759. The number of hydrogen-bond acceptors (Lipinski definition) is 5. The Bertz CT molecular complexity index is 581. The van der Waals surface area contributed by atoms with Gasteiger partial charge in [0.15, 0.2) is 0 Å². The second kappa shape index (κ2) is 5.99. The summed E-state index contributed by atoms with van der Waals surface area (Å²) in [5, 5.41) is 8.49. The van der Waals surface area contributed by atoms with Crippen LogP contribution in [0.15, 0.2) is 17.0 Å². The van der Waals surface area contributed by atoms with Gasteiger partial charge in [0.1, 0.15) is 0 Å². The highest BCUT2D eigenvalue weighted by atomic mass is 32.2. The van der Waals surface area contributed by atoms with E-state index in [1.165, 1.54) is 6.07 Å². The molecule has 20 heavy (non-hydrogen) atoms. The predicted octanol–water partition coefficient (Wildman–Crippen LogP) is 1.06. The van der Waals surface area contributed by atoms with Gasteiger partial charge >= 0.3 is 0 Å². The first-order chi connectivity index (χ1) is 9.38. The molecule has 5 N–H and O–H groups in total. The van der Waals surface area contributed by atoms with Gasteiger partial charge in [-0.25, -0.2) is 13.6 Å². The molecule has 1 aromatic rings. The number of nitrogen functional groups attached to an aromatic ring is 1. The molecule has 0 spiro atoms. The van der Waals surface area contributed by atoms with Gasteiger partial charge in [0.25, 0.3) is 0 Å². The van der Waals surface area contributed by atoms with Crippen LogP contribution in [0.4, 0.5) is 11.4 Å². The van der Waals surface area contributed by atoms with E-state index in [4.69, 9.17) is 15.6 Å². The smallest absolute Gasteiger partial charge is 0.238 e. The molecular formula is C13H21N3O3S. The maximum Gasteiger partial charge on any atom is 0.238 e. The zero-order valence-corrected chi connectivity index (χ0v) is 12.4. The minimum atomic E-state index is -3.76. The average Bonchev–Trinajstić information content (AvgIpc) is 2.39. The summed E-state index contributed by atoms with van der Waals surface area (Å²) in [5.41, 5.74) is 7.47.